The Labute approximate surface area is 163 Å². The molecular weight excluding hydrogens is 390 g/mol. The van der Waals surface area contributed by atoms with Gasteiger partial charge in [-0.15, -0.1) is 22.0 Å². The Morgan fingerprint density at radius 1 is 1.07 bits per heavy atom. The summed E-state index contributed by atoms with van der Waals surface area (Å²) in [5, 5.41) is 12.3. The van der Waals surface area contributed by atoms with Crippen LogP contribution < -0.4 is 4.74 Å². The first-order valence-electron chi connectivity index (χ1n) is 7.84. The first-order chi connectivity index (χ1) is 13.1. The average Bonchev–Trinajstić information content (AvgIpc) is 3.08. The van der Waals surface area contributed by atoms with E-state index < -0.39 is 5.76 Å². The minimum absolute atomic E-state index is 0.0211. The quantitative estimate of drug-likeness (QED) is 0.414. The Balaban J connectivity index is 1.96. The first-order valence-corrected chi connectivity index (χ1v) is 9.94. The molecule has 0 saturated carbocycles. The van der Waals surface area contributed by atoms with E-state index >= 15 is 0 Å². The molecule has 5 nitrogen and oxygen atoms in total. The second-order valence-corrected chi connectivity index (χ2v) is 7.08. The van der Waals surface area contributed by atoms with E-state index in [1.54, 1.807) is 49.4 Å². The average molecular weight is 406 g/mol. The maximum atomic E-state index is 12.9. The highest BCUT2D eigenvalue weighted by Crippen LogP contribution is 2.28. The minimum Gasteiger partial charge on any atom is -0.497 e. The largest absolute Gasteiger partial charge is 0.497 e. The molecule has 0 fully saturated rings. The molecule has 0 bridgehead atoms. The van der Waals surface area contributed by atoms with Gasteiger partial charge in [-0.05, 0) is 60.0 Å². The van der Waals surface area contributed by atoms with Crippen LogP contribution in [0.3, 0.4) is 0 Å². The van der Waals surface area contributed by atoms with E-state index in [0.717, 1.165) is 10.5 Å². The summed E-state index contributed by atoms with van der Waals surface area (Å²) >= 11 is 1.94. The van der Waals surface area contributed by atoms with Gasteiger partial charge in [0.1, 0.15) is 5.75 Å². The smallest absolute Gasteiger partial charge is 0.291 e. The number of thioether (sulfide) groups is 2. The van der Waals surface area contributed by atoms with Crippen LogP contribution in [0.4, 0.5) is 8.78 Å². The van der Waals surface area contributed by atoms with E-state index in [4.69, 9.17) is 4.74 Å². The Bertz CT molecular complexity index is 912. The van der Waals surface area contributed by atoms with Crippen molar-refractivity contribution in [2.45, 2.75) is 15.8 Å². The molecule has 1 heterocycles. The van der Waals surface area contributed by atoms with Gasteiger partial charge in [0.05, 0.1) is 13.3 Å². The fraction of sp³-hybridized carbons (Fsp3) is 0.167. The van der Waals surface area contributed by atoms with Crippen LogP contribution in [-0.2, 0) is 0 Å². The molecule has 1 aromatic heterocycles. The summed E-state index contributed by atoms with van der Waals surface area (Å²) in [5.41, 5.74) is 1.54. The molecule has 0 aliphatic heterocycles. The summed E-state index contributed by atoms with van der Waals surface area (Å²) in [4.78, 5) is 1.13. The molecule has 0 radical (unpaired) electrons. The molecule has 0 N–H and O–H groups in total. The van der Waals surface area contributed by atoms with Gasteiger partial charge < -0.3 is 4.74 Å². The lowest BCUT2D eigenvalue weighted by Crippen LogP contribution is -1.98. The minimum atomic E-state index is -2.62. The van der Waals surface area contributed by atoms with E-state index in [2.05, 4.69) is 15.3 Å². The van der Waals surface area contributed by atoms with E-state index in [0.29, 0.717) is 28.9 Å². The van der Waals surface area contributed by atoms with Gasteiger partial charge in [0.15, 0.2) is 5.82 Å². The molecule has 9 heteroatoms. The van der Waals surface area contributed by atoms with Crippen molar-refractivity contribution in [3.05, 3.63) is 54.1 Å². The van der Waals surface area contributed by atoms with Crippen molar-refractivity contribution in [2.24, 2.45) is 5.10 Å². The lowest BCUT2D eigenvalue weighted by atomic mass is 10.2. The van der Waals surface area contributed by atoms with Crippen LogP contribution in [0.5, 0.6) is 5.75 Å². The van der Waals surface area contributed by atoms with Crippen molar-refractivity contribution >= 4 is 29.7 Å². The van der Waals surface area contributed by atoms with E-state index in [-0.39, 0.29) is 5.16 Å². The van der Waals surface area contributed by atoms with E-state index in [9.17, 15) is 8.78 Å². The number of alkyl halides is 2. The Hall–Kier alpha value is -2.39. The highest BCUT2D eigenvalue weighted by Gasteiger charge is 2.18. The molecule has 0 atom stereocenters. The molecule has 0 aliphatic rings. The van der Waals surface area contributed by atoms with Crippen molar-refractivity contribution in [3.8, 4) is 17.1 Å². The van der Waals surface area contributed by atoms with Crippen LogP contribution in [0.1, 0.15) is 5.56 Å². The monoisotopic (exact) mass is 406 g/mol. The lowest BCUT2D eigenvalue weighted by Gasteiger charge is -2.05. The number of hydrogen-bond donors (Lipinski definition) is 0. The van der Waals surface area contributed by atoms with Crippen molar-refractivity contribution in [1.29, 1.82) is 0 Å². The molecule has 0 spiro atoms. The zero-order valence-corrected chi connectivity index (χ0v) is 16.2. The van der Waals surface area contributed by atoms with Gasteiger partial charge in [-0.1, -0.05) is 12.1 Å². The third-order valence-corrected chi connectivity index (χ3v) is 4.98. The molecule has 0 saturated heterocycles. The Morgan fingerprint density at radius 2 is 1.78 bits per heavy atom. The number of aromatic nitrogens is 3. The van der Waals surface area contributed by atoms with Crippen LogP contribution in [0.2, 0.25) is 0 Å². The van der Waals surface area contributed by atoms with Gasteiger partial charge in [-0.3, -0.25) is 0 Å². The second kappa shape index (κ2) is 9.01. The Kier molecular flexibility index (Phi) is 6.46. The molecule has 27 heavy (non-hydrogen) atoms. The predicted octanol–water partition coefficient (Wildman–Crippen LogP) is 4.87. The molecule has 0 amide bonds. The maximum Gasteiger partial charge on any atom is 0.291 e. The summed E-state index contributed by atoms with van der Waals surface area (Å²) < 4.78 is 32.2. The fourth-order valence-electron chi connectivity index (χ4n) is 2.26. The summed E-state index contributed by atoms with van der Waals surface area (Å²) in [7, 11) is 1.57. The number of methoxy groups -OCH3 is 1. The lowest BCUT2D eigenvalue weighted by molar-refractivity contribution is 0.251. The normalized spacial score (nSPS) is 11.4. The van der Waals surface area contributed by atoms with Crippen molar-refractivity contribution in [1.82, 2.24) is 14.9 Å². The summed E-state index contributed by atoms with van der Waals surface area (Å²) in [6.07, 6.45) is 3.59. The van der Waals surface area contributed by atoms with Crippen molar-refractivity contribution < 1.29 is 13.5 Å². The molecule has 140 valence electrons. The van der Waals surface area contributed by atoms with Crippen LogP contribution >= 0.6 is 23.5 Å². The van der Waals surface area contributed by atoms with Crippen LogP contribution in [0.25, 0.3) is 11.4 Å². The number of benzene rings is 2. The third kappa shape index (κ3) is 4.86. The van der Waals surface area contributed by atoms with Crippen molar-refractivity contribution in [2.75, 3.05) is 13.4 Å². The molecule has 2 aromatic carbocycles. The van der Waals surface area contributed by atoms with Gasteiger partial charge in [0.25, 0.3) is 5.76 Å². The van der Waals surface area contributed by atoms with Gasteiger partial charge in [-0.2, -0.15) is 18.6 Å². The predicted molar refractivity (Wildman–Crippen MR) is 105 cm³/mol. The second-order valence-electron chi connectivity index (χ2n) is 5.24. The third-order valence-electron chi connectivity index (χ3n) is 3.59. The maximum absolute atomic E-state index is 12.9. The number of ether oxygens (including phenoxy) is 1. The van der Waals surface area contributed by atoms with Crippen LogP contribution in [0.15, 0.2) is 63.7 Å². The zero-order chi connectivity index (χ0) is 19.2. The summed E-state index contributed by atoms with van der Waals surface area (Å²) in [6, 6.07) is 14.8. The SMILES string of the molecule is COc1ccc(-c2nnc(SC(F)F)n2/N=C\c2ccc(SC)cc2)cc1. The highest BCUT2D eigenvalue weighted by molar-refractivity contribution is 7.99. The number of nitrogens with zero attached hydrogens (tertiary/aromatic N) is 4. The highest BCUT2D eigenvalue weighted by atomic mass is 32.2. The fourth-order valence-corrected chi connectivity index (χ4v) is 3.15. The van der Waals surface area contributed by atoms with Crippen LogP contribution in [-0.4, -0.2) is 40.2 Å². The molecule has 3 rings (SSSR count). The van der Waals surface area contributed by atoms with Crippen LogP contribution in [0, 0.1) is 0 Å². The number of halogens is 2. The van der Waals surface area contributed by atoms with Crippen molar-refractivity contribution in [3.63, 3.8) is 0 Å². The van der Waals surface area contributed by atoms with Gasteiger partial charge in [-0.25, -0.2) is 0 Å². The standard InChI is InChI=1S/C18H16F2N4OS2/c1-25-14-7-5-13(6-8-14)16-22-23-18(27-17(19)20)24(16)21-11-12-3-9-15(26-2)10-4-12/h3-11,17H,1-2H3/b21-11-. The number of rotatable bonds is 7. The Morgan fingerprint density at radius 3 is 2.37 bits per heavy atom. The number of hydrogen-bond acceptors (Lipinski definition) is 6. The first kappa shape index (κ1) is 19.4. The zero-order valence-electron chi connectivity index (χ0n) is 14.5. The molecule has 0 aliphatic carbocycles. The van der Waals surface area contributed by atoms with E-state index in [1.165, 1.54) is 4.68 Å². The van der Waals surface area contributed by atoms with Gasteiger partial charge in [0, 0.05) is 10.5 Å². The molecular formula is C18H16F2N4OS2. The molecule has 3 aromatic rings. The van der Waals surface area contributed by atoms with Gasteiger partial charge in [0.2, 0.25) is 5.16 Å². The van der Waals surface area contributed by atoms with Gasteiger partial charge >= 0.3 is 0 Å². The van der Waals surface area contributed by atoms with E-state index in [1.807, 2.05) is 30.5 Å². The topological polar surface area (TPSA) is 52.3 Å². The summed E-state index contributed by atoms with van der Waals surface area (Å²) in [6.45, 7) is 0. The molecule has 0 unspecified atom stereocenters. The summed E-state index contributed by atoms with van der Waals surface area (Å²) in [5.74, 6) is -1.56.